The summed E-state index contributed by atoms with van der Waals surface area (Å²) in [5.41, 5.74) is 7.69. The third-order valence-electron chi connectivity index (χ3n) is 4.15. The van der Waals surface area contributed by atoms with E-state index in [1.54, 1.807) is 7.05 Å². The van der Waals surface area contributed by atoms with Gasteiger partial charge in [0.1, 0.15) is 0 Å². The molecule has 104 valence electrons. The average Bonchev–Trinajstić information content (AvgIpc) is 2.80. The van der Waals surface area contributed by atoms with E-state index < -0.39 is 5.54 Å². The van der Waals surface area contributed by atoms with Crippen molar-refractivity contribution < 1.29 is 4.79 Å². The molecule has 0 bridgehead atoms. The Bertz CT molecular complexity index is 435. The zero-order valence-electron chi connectivity index (χ0n) is 11.8. The minimum Gasteiger partial charge on any atom is -0.368 e. The molecule has 2 rings (SSSR count). The van der Waals surface area contributed by atoms with Crippen molar-refractivity contribution in [2.75, 3.05) is 13.6 Å². The molecule has 1 aromatic rings. The first kappa shape index (κ1) is 14.0. The van der Waals surface area contributed by atoms with Crippen LogP contribution in [0.25, 0.3) is 0 Å². The molecular formula is C15H23N3O. The number of hydrogen-bond acceptors (Lipinski definition) is 3. The lowest BCUT2D eigenvalue weighted by atomic mass is 9.95. The molecule has 1 atom stereocenters. The quantitative estimate of drug-likeness (QED) is 0.810. The number of nitrogens with zero attached hydrogens (tertiary/aromatic N) is 1. The Kier molecular flexibility index (Phi) is 4.22. The van der Waals surface area contributed by atoms with E-state index in [2.05, 4.69) is 34.5 Å². The van der Waals surface area contributed by atoms with Gasteiger partial charge in [-0.25, -0.2) is 0 Å². The van der Waals surface area contributed by atoms with Crippen molar-refractivity contribution >= 4 is 5.91 Å². The zero-order valence-corrected chi connectivity index (χ0v) is 11.8. The van der Waals surface area contributed by atoms with Crippen molar-refractivity contribution in [1.29, 1.82) is 0 Å². The molecule has 1 aliphatic rings. The fourth-order valence-electron chi connectivity index (χ4n) is 2.59. The van der Waals surface area contributed by atoms with Crippen LogP contribution in [0, 0.1) is 0 Å². The van der Waals surface area contributed by atoms with Gasteiger partial charge in [0.05, 0.1) is 5.54 Å². The fraction of sp³-hybridized carbons (Fsp3) is 0.533. The number of benzene rings is 1. The molecular weight excluding hydrogens is 238 g/mol. The van der Waals surface area contributed by atoms with Gasteiger partial charge >= 0.3 is 0 Å². The van der Waals surface area contributed by atoms with Crippen molar-refractivity contribution in [3.8, 4) is 0 Å². The number of likely N-dealkylation sites (N-methyl/N-ethyl adjacent to an activating group) is 1. The number of primary amides is 1. The van der Waals surface area contributed by atoms with Crippen LogP contribution in [0.5, 0.6) is 0 Å². The van der Waals surface area contributed by atoms with Crippen molar-refractivity contribution in [2.24, 2.45) is 5.73 Å². The van der Waals surface area contributed by atoms with Gasteiger partial charge in [-0.05, 0) is 44.5 Å². The summed E-state index contributed by atoms with van der Waals surface area (Å²) in [6, 6.07) is 8.56. The van der Waals surface area contributed by atoms with Crippen molar-refractivity contribution in [1.82, 2.24) is 10.2 Å². The molecule has 4 nitrogen and oxygen atoms in total. The van der Waals surface area contributed by atoms with Gasteiger partial charge in [-0.15, -0.1) is 0 Å². The highest BCUT2D eigenvalue weighted by molar-refractivity contribution is 5.84. The SMILES string of the molecule is CNC(C)(CCCN1Cc2ccccc2C1)C(N)=O. The molecule has 1 amide bonds. The Morgan fingerprint density at radius 2 is 1.95 bits per heavy atom. The molecule has 0 saturated carbocycles. The van der Waals surface area contributed by atoms with Gasteiger partial charge in [0.2, 0.25) is 5.91 Å². The van der Waals surface area contributed by atoms with Gasteiger partial charge in [-0.2, -0.15) is 0 Å². The van der Waals surface area contributed by atoms with Crippen LogP contribution in [0.15, 0.2) is 24.3 Å². The second-order valence-electron chi connectivity index (χ2n) is 5.53. The summed E-state index contributed by atoms with van der Waals surface area (Å²) in [7, 11) is 1.79. The molecule has 0 saturated heterocycles. The summed E-state index contributed by atoms with van der Waals surface area (Å²) in [4.78, 5) is 13.8. The van der Waals surface area contributed by atoms with Crippen LogP contribution in [-0.4, -0.2) is 29.9 Å². The summed E-state index contributed by atoms with van der Waals surface area (Å²) in [5, 5.41) is 3.03. The Hall–Kier alpha value is -1.39. The van der Waals surface area contributed by atoms with Gasteiger partial charge in [0.15, 0.2) is 0 Å². The molecule has 1 aromatic carbocycles. The lowest BCUT2D eigenvalue weighted by Crippen LogP contribution is -2.51. The average molecular weight is 261 g/mol. The number of nitrogens with two attached hydrogens (primary N) is 1. The highest BCUT2D eigenvalue weighted by atomic mass is 16.1. The first-order valence-corrected chi connectivity index (χ1v) is 6.83. The first-order valence-electron chi connectivity index (χ1n) is 6.83. The third-order valence-corrected chi connectivity index (χ3v) is 4.15. The topological polar surface area (TPSA) is 58.4 Å². The number of fused-ring (bicyclic) bond motifs is 1. The molecule has 1 heterocycles. The number of rotatable bonds is 6. The van der Waals surface area contributed by atoms with Gasteiger partial charge in [-0.1, -0.05) is 24.3 Å². The molecule has 1 unspecified atom stereocenters. The van der Waals surface area contributed by atoms with Crippen LogP contribution in [0.3, 0.4) is 0 Å². The minimum absolute atomic E-state index is 0.278. The van der Waals surface area contributed by atoms with Crippen LogP contribution in [0.2, 0.25) is 0 Å². The molecule has 0 aliphatic carbocycles. The van der Waals surface area contributed by atoms with Crippen molar-refractivity contribution in [2.45, 2.75) is 38.4 Å². The third kappa shape index (κ3) is 3.14. The number of nitrogens with one attached hydrogen (secondary N) is 1. The van der Waals surface area contributed by atoms with Gasteiger partial charge < -0.3 is 11.1 Å². The highest BCUT2D eigenvalue weighted by Gasteiger charge is 2.28. The first-order chi connectivity index (χ1) is 9.05. The standard InChI is InChI=1S/C15H23N3O/c1-15(17-2,14(16)19)8-5-9-18-10-12-6-3-4-7-13(12)11-18/h3-4,6-7,17H,5,8-11H2,1-2H3,(H2,16,19). The lowest BCUT2D eigenvalue weighted by molar-refractivity contribution is -0.123. The van der Waals surface area contributed by atoms with E-state index in [-0.39, 0.29) is 5.91 Å². The van der Waals surface area contributed by atoms with E-state index >= 15 is 0 Å². The van der Waals surface area contributed by atoms with E-state index in [1.807, 2.05) is 6.92 Å². The maximum atomic E-state index is 11.4. The summed E-state index contributed by atoms with van der Waals surface area (Å²) < 4.78 is 0. The molecule has 0 spiro atoms. The fourth-order valence-corrected chi connectivity index (χ4v) is 2.59. The number of carbonyl (C=O) groups excluding carboxylic acids is 1. The monoisotopic (exact) mass is 261 g/mol. The number of hydrogen-bond donors (Lipinski definition) is 2. The van der Waals surface area contributed by atoms with E-state index in [0.717, 1.165) is 32.5 Å². The van der Waals surface area contributed by atoms with E-state index in [1.165, 1.54) is 11.1 Å². The smallest absolute Gasteiger partial charge is 0.237 e. The van der Waals surface area contributed by atoms with Crippen LogP contribution in [0.1, 0.15) is 30.9 Å². The molecule has 19 heavy (non-hydrogen) atoms. The van der Waals surface area contributed by atoms with Crippen LogP contribution in [-0.2, 0) is 17.9 Å². The van der Waals surface area contributed by atoms with Gasteiger partial charge in [-0.3, -0.25) is 9.69 Å². The molecule has 0 aromatic heterocycles. The largest absolute Gasteiger partial charge is 0.368 e. The Labute approximate surface area is 115 Å². The summed E-state index contributed by atoms with van der Waals surface area (Å²) in [6.07, 6.45) is 1.74. The second kappa shape index (κ2) is 5.72. The van der Waals surface area contributed by atoms with E-state index in [4.69, 9.17) is 5.73 Å². The minimum atomic E-state index is -0.591. The Balaban J connectivity index is 1.81. The number of carbonyl (C=O) groups is 1. The maximum absolute atomic E-state index is 11.4. The molecule has 4 heteroatoms. The maximum Gasteiger partial charge on any atom is 0.237 e. The Morgan fingerprint density at radius 3 is 2.42 bits per heavy atom. The summed E-state index contributed by atoms with van der Waals surface area (Å²) in [6.45, 7) is 4.90. The van der Waals surface area contributed by atoms with E-state index in [0.29, 0.717) is 0 Å². The second-order valence-corrected chi connectivity index (χ2v) is 5.53. The van der Waals surface area contributed by atoms with Crippen LogP contribution in [0.4, 0.5) is 0 Å². The molecule has 1 aliphatic heterocycles. The van der Waals surface area contributed by atoms with Gasteiger partial charge in [0.25, 0.3) is 0 Å². The lowest BCUT2D eigenvalue weighted by Gasteiger charge is -2.26. The zero-order chi connectivity index (χ0) is 13.9. The molecule has 3 N–H and O–H groups in total. The van der Waals surface area contributed by atoms with Gasteiger partial charge in [0, 0.05) is 13.1 Å². The Morgan fingerprint density at radius 1 is 1.37 bits per heavy atom. The summed E-state index contributed by atoms with van der Waals surface area (Å²) >= 11 is 0. The van der Waals surface area contributed by atoms with Crippen LogP contribution < -0.4 is 11.1 Å². The highest BCUT2D eigenvalue weighted by Crippen LogP contribution is 2.23. The predicted molar refractivity (Wildman–Crippen MR) is 76.4 cm³/mol. The normalized spacial score (nSPS) is 18.0. The molecule has 0 radical (unpaired) electrons. The number of amides is 1. The predicted octanol–water partition coefficient (Wildman–Crippen LogP) is 1.25. The van der Waals surface area contributed by atoms with Crippen molar-refractivity contribution in [3.63, 3.8) is 0 Å². The molecule has 0 fully saturated rings. The summed E-state index contributed by atoms with van der Waals surface area (Å²) in [5.74, 6) is -0.278. The van der Waals surface area contributed by atoms with Crippen molar-refractivity contribution in [3.05, 3.63) is 35.4 Å². The van der Waals surface area contributed by atoms with E-state index in [9.17, 15) is 4.79 Å². The van der Waals surface area contributed by atoms with Crippen LogP contribution >= 0.6 is 0 Å².